The van der Waals surface area contributed by atoms with Crippen molar-refractivity contribution in [1.29, 1.82) is 0 Å². The van der Waals surface area contributed by atoms with Crippen LogP contribution in [-0.4, -0.2) is 51.2 Å². The highest BCUT2D eigenvalue weighted by Gasteiger charge is 2.48. The maximum Gasteiger partial charge on any atom is 0.237 e. The Hall–Kier alpha value is -0.660. The van der Waals surface area contributed by atoms with E-state index in [-0.39, 0.29) is 22.6 Å². The summed E-state index contributed by atoms with van der Waals surface area (Å²) in [7, 11) is 0. The quantitative estimate of drug-likeness (QED) is 0.723. The van der Waals surface area contributed by atoms with Crippen molar-refractivity contribution in [1.82, 2.24) is 9.80 Å². The topological polar surface area (TPSA) is 53.8 Å². The molecule has 1 aromatic heterocycles. The van der Waals surface area contributed by atoms with Crippen molar-refractivity contribution < 1.29 is 14.0 Å². The molecule has 5 nitrogen and oxygen atoms in total. The van der Waals surface area contributed by atoms with E-state index in [2.05, 4.69) is 15.9 Å². The number of hydrogen-bond donors (Lipinski definition) is 0. The summed E-state index contributed by atoms with van der Waals surface area (Å²) in [6, 6.07) is 3.71. The molecule has 1 aromatic rings. The van der Waals surface area contributed by atoms with Gasteiger partial charge in [0.1, 0.15) is 11.6 Å². The van der Waals surface area contributed by atoms with Gasteiger partial charge < -0.3 is 14.2 Å². The maximum absolute atomic E-state index is 12.3. The first kappa shape index (κ1) is 16.2. The predicted octanol–water partition coefficient (Wildman–Crippen LogP) is 2.68. The summed E-state index contributed by atoms with van der Waals surface area (Å²) in [5, 5.41) is 0. The van der Waals surface area contributed by atoms with Crippen LogP contribution in [0.15, 0.2) is 21.2 Å². The minimum Gasteiger partial charge on any atom is -0.452 e. The maximum atomic E-state index is 12.3. The van der Waals surface area contributed by atoms with Crippen LogP contribution in [0, 0.1) is 0 Å². The number of halogens is 2. The Balaban J connectivity index is 1.72. The van der Waals surface area contributed by atoms with Gasteiger partial charge in [-0.1, -0.05) is 0 Å². The molecule has 2 fully saturated rings. The lowest BCUT2D eigenvalue weighted by molar-refractivity contribution is -0.134. The van der Waals surface area contributed by atoms with E-state index in [0.29, 0.717) is 30.1 Å². The van der Waals surface area contributed by atoms with Gasteiger partial charge in [0.05, 0.1) is 17.2 Å². The number of rotatable bonds is 3. The second-order valence-electron chi connectivity index (χ2n) is 5.43. The summed E-state index contributed by atoms with van der Waals surface area (Å²) in [4.78, 5) is 27.4. The molecule has 2 aliphatic heterocycles. The molecule has 0 N–H and O–H groups in total. The Kier molecular flexibility index (Phi) is 4.75. The number of furan rings is 1. The molecule has 0 radical (unpaired) electrons. The first-order chi connectivity index (χ1) is 10.5. The van der Waals surface area contributed by atoms with Gasteiger partial charge in [-0.05, 0) is 40.9 Å². The normalized spacial score (nSPS) is 20.9. The number of hydrogen-bond acceptors (Lipinski definition) is 4. The van der Waals surface area contributed by atoms with Crippen LogP contribution in [0.4, 0.5) is 0 Å². The van der Waals surface area contributed by atoms with Crippen molar-refractivity contribution in [2.45, 2.75) is 24.3 Å². The lowest BCUT2D eigenvalue weighted by Gasteiger charge is -2.43. The van der Waals surface area contributed by atoms with E-state index in [1.807, 2.05) is 17.0 Å². The molecule has 0 bridgehead atoms. The van der Waals surface area contributed by atoms with Crippen LogP contribution in [0.5, 0.6) is 0 Å². The Morgan fingerprint density at radius 3 is 2.73 bits per heavy atom. The summed E-state index contributed by atoms with van der Waals surface area (Å²) in [5.74, 6) is 1.37. The number of carbonyl (C=O) groups excluding carboxylic acids is 2. The van der Waals surface area contributed by atoms with Gasteiger partial charge in [-0.15, -0.1) is 23.4 Å². The fourth-order valence-electron chi connectivity index (χ4n) is 3.01. The Morgan fingerprint density at radius 1 is 1.41 bits per heavy atom. The van der Waals surface area contributed by atoms with Gasteiger partial charge in [0.25, 0.3) is 0 Å². The highest BCUT2D eigenvalue weighted by Crippen LogP contribution is 2.45. The van der Waals surface area contributed by atoms with Crippen molar-refractivity contribution in [2.24, 2.45) is 0 Å². The van der Waals surface area contributed by atoms with Crippen LogP contribution >= 0.6 is 39.3 Å². The monoisotopic (exact) mass is 406 g/mol. The summed E-state index contributed by atoms with van der Waals surface area (Å²) in [6.45, 7) is 1.76. The Labute approximate surface area is 146 Å². The molecule has 120 valence electrons. The number of alkyl halides is 1. The van der Waals surface area contributed by atoms with E-state index in [4.69, 9.17) is 16.0 Å². The Morgan fingerprint density at radius 2 is 2.14 bits per heavy atom. The molecule has 0 saturated carbocycles. The van der Waals surface area contributed by atoms with Crippen LogP contribution in [0.1, 0.15) is 18.6 Å². The van der Waals surface area contributed by atoms with Crippen molar-refractivity contribution in [3.8, 4) is 0 Å². The average molecular weight is 408 g/mol. The molecule has 2 amide bonds. The highest BCUT2D eigenvalue weighted by atomic mass is 79.9. The number of carbonyl (C=O) groups is 2. The summed E-state index contributed by atoms with van der Waals surface area (Å²) < 4.78 is 6.20. The molecule has 2 saturated heterocycles. The SMILES string of the molecule is O=C(CCl)N1CCC2(CC1)SCC(=O)N2Cc1ccc(Br)o1. The molecule has 0 aliphatic carbocycles. The third-order valence-electron chi connectivity index (χ3n) is 4.21. The van der Waals surface area contributed by atoms with Gasteiger partial charge in [0.15, 0.2) is 4.67 Å². The van der Waals surface area contributed by atoms with Crippen molar-refractivity contribution in [3.63, 3.8) is 0 Å². The highest BCUT2D eigenvalue weighted by molar-refractivity contribution is 9.10. The minimum atomic E-state index is -0.223. The second kappa shape index (κ2) is 6.45. The number of likely N-dealkylation sites (tertiary alicyclic amines) is 1. The summed E-state index contributed by atoms with van der Waals surface area (Å²) >= 11 is 10.6. The van der Waals surface area contributed by atoms with E-state index < -0.39 is 0 Å². The van der Waals surface area contributed by atoms with E-state index in [1.165, 1.54) is 0 Å². The average Bonchev–Trinajstić information content (AvgIpc) is 3.06. The third kappa shape index (κ3) is 3.03. The van der Waals surface area contributed by atoms with Gasteiger partial charge in [-0.3, -0.25) is 9.59 Å². The van der Waals surface area contributed by atoms with Gasteiger partial charge in [-0.25, -0.2) is 0 Å². The number of piperidine rings is 1. The van der Waals surface area contributed by atoms with Crippen LogP contribution in [-0.2, 0) is 16.1 Å². The molecular weight excluding hydrogens is 392 g/mol. The summed E-state index contributed by atoms with van der Waals surface area (Å²) in [5.41, 5.74) is 0. The van der Waals surface area contributed by atoms with Gasteiger partial charge in [-0.2, -0.15) is 0 Å². The van der Waals surface area contributed by atoms with Crippen LogP contribution in [0.25, 0.3) is 0 Å². The lowest BCUT2D eigenvalue weighted by Crippen LogP contribution is -2.52. The summed E-state index contributed by atoms with van der Waals surface area (Å²) in [6.07, 6.45) is 1.54. The fraction of sp³-hybridized carbons (Fsp3) is 0.571. The third-order valence-corrected chi connectivity index (χ3v) is 6.42. The molecule has 0 aromatic carbocycles. The standard InChI is InChI=1S/C14H16BrClN2O3S/c15-11-2-1-10(21-11)8-18-13(20)9-22-14(18)3-5-17(6-4-14)12(19)7-16/h1-2H,3-9H2. The van der Waals surface area contributed by atoms with E-state index in [1.54, 1.807) is 16.7 Å². The largest absolute Gasteiger partial charge is 0.452 e. The van der Waals surface area contributed by atoms with Crippen molar-refractivity contribution in [2.75, 3.05) is 24.7 Å². The molecule has 3 rings (SSSR count). The molecule has 3 heterocycles. The van der Waals surface area contributed by atoms with E-state index in [0.717, 1.165) is 18.6 Å². The van der Waals surface area contributed by atoms with Crippen molar-refractivity contribution >= 4 is 51.1 Å². The molecular formula is C14H16BrClN2O3S. The van der Waals surface area contributed by atoms with Gasteiger partial charge >= 0.3 is 0 Å². The van der Waals surface area contributed by atoms with Crippen LogP contribution < -0.4 is 0 Å². The zero-order valence-corrected chi connectivity index (χ0v) is 15.0. The molecule has 0 unspecified atom stereocenters. The molecule has 8 heteroatoms. The minimum absolute atomic E-state index is 0.0171. The molecule has 2 aliphatic rings. The number of amides is 2. The van der Waals surface area contributed by atoms with E-state index in [9.17, 15) is 9.59 Å². The fourth-order valence-corrected chi connectivity index (χ4v) is 4.86. The smallest absolute Gasteiger partial charge is 0.237 e. The number of thioether (sulfide) groups is 1. The molecule has 0 atom stereocenters. The Bertz CT molecular complexity index is 586. The van der Waals surface area contributed by atoms with Gasteiger partial charge in [0, 0.05) is 13.1 Å². The van der Waals surface area contributed by atoms with Crippen LogP contribution in [0.2, 0.25) is 0 Å². The second-order valence-corrected chi connectivity index (χ2v) is 7.82. The number of nitrogens with zero attached hydrogens (tertiary/aromatic N) is 2. The molecule has 22 heavy (non-hydrogen) atoms. The zero-order chi connectivity index (χ0) is 15.7. The first-order valence-electron chi connectivity index (χ1n) is 7.06. The zero-order valence-electron chi connectivity index (χ0n) is 11.9. The lowest BCUT2D eigenvalue weighted by atomic mass is 10.0. The van der Waals surface area contributed by atoms with Crippen molar-refractivity contribution in [3.05, 3.63) is 22.6 Å². The molecule has 1 spiro atoms. The first-order valence-corrected chi connectivity index (χ1v) is 9.38. The predicted molar refractivity (Wildman–Crippen MR) is 88.7 cm³/mol. The van der Waals surface area contributed by atoms with E-state index >= 15 is 0 Å². The van der Waals surface area contributed by atoms with Crippen LogP contribution in [0.3, 0.4) is 0 Å². The van der Waals surface area contributed by atoms with Gasteiger partial charge in [0.2, 0.25) is 11.8 Å².